The number of nitrogens with one attached hydrogen (secondary N) is 3. The number of pyridine rings is 1. The Hall–Kier alpha value is -4.60. The SMILES string of the molecule is C=CC1CC1(NC(=O)[C@@H]1C[C@@H](Oc2c3c(nc4cc(OC)c(OC)cc24)CCCC3)CN1C(=O)[C@@H](NC(=O)OC1CCCC1)C(C)C)C(=O)NS(=O)(=O)C1CC1. The summed E-state index contributed by atoms with van der Waals surface area (Å²) in [4.78, 5) is 62.1. The van der Waals surface area contributed by atoms with Gasteiger partial charge in [-0.1, -0.05) is 19.9 Å². The lowest BCUT2D eigenvalue weighted by Crippen LogP contribution is -2.59. The summed E-state index contributed by atoms with van der Waals surface area (Å²) in [5, 5.41) is 5.66. The zero-order valence-electron chi connectivity index (χ0n) is 32.6. The van der Waals surface area contributed by atoms with Gasteiger partial charge in [0.05, 0.1) is 31.5 Å². The third kappa shape index (κ3) is 7.85. The van der Waals surface area contributed by atoms with Crippen LogP contribution in [0, 0.1) is 11.8 Å². The van der Waals surface area contributed by atoms with Crippen molar-refractivity contribution in [3.8, 4) is 17.2 Å². The number of carbonyl (C=O) groups is 4. The summed E-state index contributed by atoms with van der Waals surface area (Å²) in [5.41, 5.74) is 0.971. The van der Waals surface area contributed by atoms with Gasteiger partial charge in [0.25, 0.3) is 5.91 Å². The lowest BCUT2D eigenvalue weighted by Gasteiger charge is -2.31. The maximum absolute atomic E-state index is 14.6. The van der Waals surface area contributed by atoms with Gasteiger partial charge in [-0.2, -0.15) is 0 Å². The summed E-state index contributed by atoms with van der Waals surface area (Å²) in [6, 6.07) is 1.46. The number of rotatable bonds is 14. The van der Waals surface area contributed by atoms with Crippen LogP contribution >= 0.6 is 0 Å². The highest BCUT2D eigenvalue weighted by atomic mass is 32.2. The molecule has 1 aromatic heterocycles. The van der Waals surface area contributed by atoms with Gasteiger partial charge in [0.1, 0.15) is 35.6 Å². The molecule has 56 heavy (non-hydrogen) atoms. The van der Waals surface area contributed by atoms with Crippen molar-refractivity contribution < 1.29 is 46.5 Å². The number of likely N-dealkylation sites (tertiary alicyclic amines) is 1. The van der Waals surface area contributed by atoms with E-state index in [1.54, 1.807) is 34.1 Å². The van der Waals surface area contributed by atoms with E-state index in [2.05, 4.69) is 21.9 Å². The van der Waals surface area contributed by atoms with Gasteiger partial charge < -0.3 is 34.5 Å². The van der Waals surface area contributed by atoms with E-state index in [-0.39, 0.29) is 31.4 Å². The monoisotopic (exact) mass is 795 g/mol. The molecule has 15 nitrogen and oxygen atoms in total. The molecule has 0 bridgehead atoms. The highest BCUT2D eigenvalue weighted by molar-refractivity contribution is 7.91. The number of aryl methyl sites for hydroxylation is 1. The number of amides is 4. The first kappa shape index (κ1) is 39.6. The maximum atomic E-state index is 14.6. The van der Waals surface area contributed by atoms with Crippen molar-refractivity contribution in [1.82, 2.24) is 25.2 Å². The number of methoxy groups -OCH3 is 2. The van der Waals surface area contributed by atoms with E-state index in [1.807, 2.05) is 6.07 Å². The standard InChI is InChI=1S/C40H53N5O10S/c1-6-23-20-40(23,38(48)44-56(50,51)26-15-16-26)43-36(46)31-17-25(21-45(31)37(47)34(22(2)3)42-39(49)55-24-11-7-8-12-24)54-35-27-13-9-10-14-29(27)41-30-19-33(53-5)32(52-4)18-28(30)35/h6,18-19,22-26,31,34H,1,7-17,20-21H2,2-5H3,(H,42,49)(H,43,46)(H,44,48)/t23?,25-,31+,34+,40?/m1/s1. The fourth-order valence-corrected chi connectivity index (χ4v) is 9.78. The van der Waals surface area contributed by atoms with Crippen LogP contribution in [0.4, 0.5) is 4.79 Å². The largest absolute Gasteiger partial charge is 0.493 e. The molecule has 1 aromatic carbocycles. The molecule has 5 atom stereocenters. The molecule has 2 unspecified atom stereocenters. The van der Waals surface area contributed by atoms with Crippen LogP contribution in [-0.2, 0) is 42.0 Å². The number of nitrogens with zero attached hydrogens (tertiary/aromatic N) is 2. The molecule has 16 heteroatoms. The molecule has 1 aliphatic heterocycles. The Labute approximate surface area is 327 Å². The van der Waals surface area contributed by atoms with Crippen LogP contribution in [0.15, 0.2) is 24.8 Å². The Kier molecular flexibility index (Phi) is 11.1. The summed E-state index contributed by atoms with van der Waals surface area (Å²) in [7, 11) is -0.798. The van der Waals surface area contributed by atoms with E-state index in [0.29, 0.717) is 41.0 Å². The predicted octanol–water partition coefficient (Wildman–Crippen LogP) is 3.84. The number of hydrogen-bond acceptors (Lipinski definition) is 11. The summed E-state index contributed by atoms with van der Waals surface area (Å²) < 4.78 is 51.4. The maximum Gasteiger partial charge on any atom is 0.408 e. The van der Waals surface area contributed by atoms with Gasteiger partial charge in [-0.25, -0.2) is 13.2 Å². The number of benzene rings is 1. The number of fused-ring (bicyclic) bond motifs is 2. The topological polar surface area (TPSA) is 192 Å². The summed E-state index contributed by atoms with van der Waals surface area (Å²) in [6.07, 6.45) is 7.89. The molecule has 4 aliphatic carbocycles. The zero-order chi connectivity index (χ0) is 39.9. The first-order chi connectivity index (χ1) is 26.8. The third-order valence-corrected chi connectivity index (χ3v) is 13.7. The van der Waals surface area contributed by atoms with E-state index in [9.17, 15) is 27.6 Å². The third-order valence-electron chi connectivity index (χ3n) is 11.9. The minimum absolute atomic E-state index is 0.00842. The highest BCUT2D eigenvalue weighted by Crippen LogP contribution is 2.46. The number of hydrogen-bond donors (Lipinski definition) is 3. The van der Waals surface area contributed by atoms with Crippen molar-refractivity contribution >= 4 is 44.7 Å². The van der Waals surface area contributed by atoms with E-state index < -0.39 is 68.7 Å². The minimum Gasteiger partial charge on any atom is -0.493 e. The molecule has 3 saturated carbocycles. The first-order valence-electron chi connectivity index (χ1n) is 19.8. The number of aromatic nitrogens is 1. The number of alkyl carbamates (subject to hydrolysis) is 1. The average molecular weight is 796 g/mol. The molecule has 3 N–H and O–H groups in total. The van der Waals surface area contributed by atoms with Crippen molar-refractivity contribution in [2.75, 3.05) is 20.8 Å². The number of carbonyl (C=O) groups excluding carboxylic acids is 4. The van der Waals surface area contributed by atoms with E-state index in [1.165, 1.54) is 11.0 Å². The fourth-order valence-electron chi connectivity index (χ4n) is 8.41. The number of sulfonamides is 1. The number of ether oxygens (including phenoxy) is 4. The Bertz CT molecular complexity index is 2010. The fraction of sp³-hybridized carbons (Fsp3) is 0.625. The molecule has 7 rings (SSSR count). The highest BCUT2D eigenvalue weighted by Gasteiger charge is 2.62. The van der Waals surface area contributed by atoms with Crippen LogP contribution in [0.2, 0.25) is 0 Å². The second kappa shape index (κ2) is 15.7. The van der Waals surface area contributed by atoms with Gasteiger partial charge in [-0.05, 0) is 82.6 Å². The van der Waals surface area contributed by atoms with Gasteiger partial charge in [0.2, 0.25) is 21.8 Å². The van der Waals surface area contributed by atoms with E-state index >= 15 is 0 Å². The molecule has 4 fully saturated rings. The van der Waals surface area contributed by atoms with Crippen LogP contribution in [0.3, 0.4) is 0 Å². The summed E-state index contributed by atoms with van der Waals surface area (Å²) in [6.45, 7) is 7.39. The van der Waals surface area contributed by atoms with Gasteiger partial charge in [0.15, 0.2) is 11.5 Å². The van der Waals surface area contributed by atoms with Crippen LogP contribution in [-0.4, -0.2) is 98.0 Å². The van der Waals surface area contributed by atoms with Gasteiger partial charge in [0, 0.05) is 35.0 Å². The van der Waals surface area contributed by atoms with Crippen molar-refractivity contribution in [1.29, 1.82) is 0 Å². The Morgan fingerprint density at radius 1 is 0.982 bits per heavy atom. The van der Waals surface area contributed by atoms with Crippen LogP contribution in [0.5, 0.6) is 17.2 Å². The summed E-state index contributed by atoms with van der Waals surface area (Å²) >= 11 is 0. The lowest BCUT2D eigenvalue weighted by atomic mass is 9.93. The predicted molar refractivity (Wildman–Crippen MR) is 206 cm³/mol. The van der Waals surface area contributed by atoms with Crippen LogP contribution < -0.4 is 29.6 Å². The van der Waals surface area contributed by atoms with Crippen molar-refractivity contribution in [2.24, 2.45) is 11.8 Å². The molecule has 0 radical (unpaired) electrons. The van der Waals surface area contributed by atoms with Crippen molar-refractivity contribution in [2.45, 2.75) is 126 Å². The van der Waals surface area contributed by atoms with Crippen molar-refractivity contribution in [3.63, 3.8) is 0 Å². The van der Waals surface area contributed by atoms with Crippen molar-refractivity contribution in [3.05, 3.63) is 36.0 Å². The quantitative estimate of drug-likeness (QED) is 0.236. The van der Waals surface area contributed by atoms with E-state index in [0.717, 1.165) is 62.6 Å². The normalized spacial score (nSPS) is 25.2. The Morgan fingerprint density at radius 2 is 1.68 bits per heavy atom. The zero-order valence-corrected chi connectivity index (χ0v) is 33.4. The lowest BCUT2D eigenvalue weighted by molar-refractivity contribution is -0.141. The van der Waals surface area contributed by atoms with Gasteiger partial charge >= 0.3 is 6.09 Å². The second-order valence-corrected chi connectivity index (χ2v) is 18.1. The van der Waals surface area contributed by atoms with Crippen LogP contribution in [0.1, 0.15) is 89.3 Å². The van der Waals surface area contributed by atoms with E-state index in [4.69, 9.17) is 23.9 Å². The molecular formula is C40H53N5O10S. The molecule has 2 aromatic rings. The molecular weight excluding hydrogens is 743 g/mol. The average Bonchev–Trinajstić information content (AvgIpc) is 4.06. The smallest absolute Gasteiger partial charge is 0.408 e. The molecule has 0 spiro atoms. The minimum atomic E-state index is -3.90. The Balaban J connectivity index is 1.20. The molecule has 1 saturated heterocycles. The second-order valence-electron chi connectivity index (χ2n) is 16.1. The molecule has 4 amide bonds. The first-order valence-corrected chi connectivity index (χ1v) is 21.4. The molecule has 304 valence electrons. The molecule has 5 aliphatic rings. The van der Waals surface area contributed by atoms with Gasteiger partial charge in [-0.15, -0.1) is 6.58 Å². The van der Waals surface area contributed by atoms with Gasteiger partial charge in [-0.3, -0.25) is 24.1 Å². The summed E-state index contributed by atoms with van der Waals surface area (Å²) in [5.74, 6) is -1.27. The Morgan fingerprint density at radius 3 is 2.32 bits per heavy atom. The van der Waals surface area contributed by atoms with Crippen LogP contribution in [0.25, 0.3) is 10.9 Å². The molecule has 2 heterocycles.